The third-order valence-corrected chi connectivity index (χ3v) is 4.14. The Kier molecular flexibility index (Phi) is 5.08. The Balaban J connectivity index is 1.76. The van der Waals surface area contributed by atoms with Gasteiger partial charge in [-0.3, -0.25) is 0 Å². The predicted molar refractivity (Wildman–Crippen MR) is 77.5 cm³/mol. The van der Waals surface area contributed by atoms with Gasteiger partial charge in [0.25, 0.3) is 0 Å². The van der Waals surface area contributed by atoms with Crippen molar-refractivity contribution in [2.45, 2.75) is 39.2 Å². The molecule has 3 heteroatoms. The van der Waals surface area contributed by atoms with E-state index in [2.05, 4.69) is 12.2 Å². The molecule has 1 aliphatic rings. The fraction of sp³-hybridized carbons (Fsp3) is 0.625. The zero-order valence-electron chi connectivity index (χ0n) is 12.0. The summed E-state index contributed by atoms with van der Waals surface area (Å²) in [4.78, 5) is 0. The van der Waals surface area contributed by atoms with Gasteiger partial charge in [0.05, 0.1) is 7.11 Å². The maximum Gasteiger partial charge on any atom is 0.160 e. The standard InChI is InChI=1S/C16H25NO2/c1-12-3-5-13(6-4-12)10-17-11-14-7-8-15(18)16(9-14)19-2/h7-9,12-13,17-18H,3-6,10-11H2,1-2H3. The van der Waals surface area contributed by atoms with Gasteiger partial charge < -0.3 is 15.2 Å². The van der Waals surface area contributed by atoms with Crippen molar-refractivity contribution in [3.63, 3.8) is 0 Å². The summed E-state index contributed by atoms with van der Waals surface area (Å²) >= 11 is 0. The summed E-state index contributed by atoms with van der Waals surface area (Å²) in [5.41, 5.74) is 1.15. The Morgan fingerprint density at radius 2 is 2.00 bits per heavy atom. The molecule has 19 heavy (non-hydrogen) atoms. The fourth-order valence-electron chi connectivity index (χ4n) is 2.79. The molecule has 1 aromatic rings. The van der Waals surface area contributed by atoms with E-state index in [1.165, 1.54) is 25.7 Å². The number of hydrogen-bond donors (Lipinski definition) is 2. The molecule has 0 bridgehead atoms. The highest BCUT2D eigenvalue weighted by Crippen LogP contribution is 2.28. The highest BCUT2D eigenvalue weighted by molar-refractivity contribution is 5.41. The van der Waals surface area contributed by atoms with Gasteiger partial charge in [-0.15, -0.1) is 0 Å². The molecule has 106 valence electrons. The molecule has 0 atom stereocenters. The summed E-state index contributed by atoms with van der Waals surface area (Å²) in [7, 11) is 1.58. The normalized spacial score (nSPS) is 23.3. The summed E-state index contributed by atoms with van der Waals surface area (Å²) in [6.45, 7) is 4.28. The molecule has 1 saturated carbocycles. The van der Waals surface area contributed by atoms with Crippen molar-refractivity contribution in [3.8, 4) is 11.5 Å². The Morgan fingerprint density at radius 3 is 2.68 bits per heavy atom. The van der Waals surface area contributed by atoms with Gasteiger partial charge in [0.15, 0.2) is 11.5 Å². The van der Waals surface area contributed by atoms with Gasteiger partial charge in [0, 0.05) is 6.54 Å². The smallest absolute Gasteiger partial charge is 0.160 e. The number of benzene rings is 1. The molecule has 2 rings (SSSR count). The van der Waals surface area contributed by atoms with Crippen LogP contribution in [0.1, 0.15) is 38.2 Å². The van der Waals surface area contributed by atoms with Gasteiger partial charge in [0.2, 0.25) is 0 Å². The lowest BCUT2D eigenvalue weighted by Gasteiger charge is -2.26. The van der Waals surface area contributed by atoms with Crippen LogP contribution in [0.3, 0.4) is 0 Å². The quantitative estimate of drug-likeness (QED) is 0.856. The average Bonchev–Trinajstić information content (AvgIpc) is 2.43. The summed E-state index contributed by atoms with van der Waals surface area (Å²) < 4.78 is 5.12. The van der Waals surface area contributed by atoms with Crippen LogP contribution in [0.25, 0.3) is 0 Å². The summed E-state index contributed by atoms with van der Waals surface area (Å²) in [5, 5.41) is 13.1. The van der Waals surface area contributed by atoms with Crippen molar-refractivity contribution < 1.29 is 9.84 Å². The SMILES string of the molecule is COc1cc(CNCC2CCC(C)CC2)ccc1O. The summed E-state index contributed by atoms with van der Waals surface area (Å²) in [6, 6.07) is 5.53. The number of ether oxygens (including phenoxy) is 1. The number of methoxy groups -OCH3 is 1. The number of aromatic hydroxyl groups is 1. The molecule has 1 aliphatic carbocycles. The number of rotatable bonds is 5. The zero-order valence-corrected chi connectivity index (χ0v) is 12.0. The monoisotopic (exact) mass is 263 g/mol. The topological polar surface area (TPSA) is 41.5 Å². The highest BCUT2D eigenvalue weighted by Gasteiger charge is 2.17. The van der Waals surface area contributed by atoms with Crippen molar-refractivity contribution in [1.82, 2.24) is 5.32 Å². The molecule has 0 saturated heterocycles. The molecule has 0 aliphatic heterocycles. The molecular weight excluding hydrogens is 238 g/mol. The van der Waals surface area contributed by atoms with Crippen LogP contribution >= 0.6 is 0 Å². The maximum absolute atomic E-state index is 9.54. The van der Waals surface area contributed by atoms with E-state index < -0.39 is 0 Å². The van der Waals surface area contributed by atoms with Crippen molar-refractivity contribution in [2.75, 3.05) is 13.7 Å². The van der Waals surface area contributed by atoms with Gasteiger partial charge in [-0.25, -0.2) is 0 Å². The van der Waals surface area contributed by atoms with E-state index in [1.54, 1.807) is 13.2 Å². The average molecular weight is 263 g/mol. The van der Waals surface area contributed by atoms with Crippen LogP contribution in [0.4, 0.5) is 0 Å². The van der Waals surface area contributed by atoms with Gasteiger partial charge in [-0.05, 0) is 48.9 Å². The molecule has 0 aromatic heterocycles. The number of nitrogens with one attached hydrogen (secondary N) is 1. The first-order valence-corrected chi connectivity index (χ1v) is 7.25. The van der Waals surface area contributed by atoms with Crippen molar-refractivity contribution >= 4 is 0 Å². The second kappa shape index (κ2) is 6.80. The van der Waals surface area contributed by atoms with Gasteiger partial charge >= 0.3 is 0 Å². The van der Waals surface area contributed by atoms with Crippen molar-refractivity contribution in [1.29, 1.82) is 0 Å². The van der Waals surface area contributed by atoms with Gasteiger partial charge in [-0.2, -0.15) is 0 Å². The Bertz CT molecular complexity index is 398. The van der Waals surface area contributed by atoms with E-state index in [-0.39, 0.29) is 5.75 Å². The van der Waals surface area contributed by atoms with E-state index in [1.807, 2.05) is 12.1 Å². The molecule has 1 aromatic carbocycles. The molecule has 0 amide bonds. The lowest BCUT2D eigenvalue weighted by atomic mass is 9.83. The number of phenols is 1. The van der Waals surface area contributed by atoms with Gasteiger partial charge in [0.1, 0.15) is 0 Å². The number of hydrogen-bond acceptors (Lipinski definition) is 3. The zero-order chi connectivity index (χ0) is 13.7. The van der Waals surface area contributed by atoms with Crippen LogP contribution in [0.15, 0.2) is 18.2 Å². The summed E-state index contributed by atoms with van der Waals surface area (Å²) in [6.07, 6.45) is 5.46. The first kappa shape index (κ1) is 14.2. The lowest BCUT2D eigenvalue weighted by molar-refractivity contribution is 0.281. The van der Waals surface area contributed by atoms with Crippen LogP contribution in [-0.4, -0.2) is 18.8 Å². The third kappa shape index (κ3) is 4.13. The molecular formula is C16H25NO2. The molecule has 0 heterocycles. The fourth-order valence-corrected chi connectivity index (χ4v) is 2.79. The Morgan fingerprint density at radius 1 is 1.26 bits per heavy atom. The lowest BCUT2D eigenvalue weighted by Crippen LogP contribution is -2.25. The Labute approximate surface area is 116 Å². The molecule has 2 N–H and O–H groups in total. The molecule has 0 radical (unpaired) electrons. The van der Waals surface area contributed by atoms with E-state index in [4.69, 9.17) is 4.74 Å². The minimum Gasteiger partial charge on any atom is -0.504 e. The largest absolute Gasteiger partial charge is 0.504 e. The molecule has 1 fully saturated rings. The van der Waals surface area contributed by atoms with Crippen LogP contribution < -0.4 is 10.1 Å². The second-order valence-electron chi connectivity index (χ2n) is 5.76. The first-order valence-electron chi connectivity index (χ1n) is 7.25. The molecule has 0 spiro atoms. The van der Waals surface area contributed by atoms with E-state index in [0.717, 1.165) is 30.5 Å². The minimum absolute atomic E-state index is 0.201. The van der Waals surface area contributed by atoms with E-state index in [0.29, 0.717) is 5.75 Å². The Hall–Kier alpha value is -1.22. The molecule has 0 unspecified atom stereocenters. The first-order chi connectivity index (χ1) is 9.19. The maximum atomic E-state index is 9.54. The van der Waals surface area contributed by atoms with Crippen LogP contribution in [0.5, 0.6) is 11.5 Å². The number of phenolic OH excluding ortho intramolecular Hbond substituents is 1. The second-order valence-corrected chi connectivity index (χ2v) is 5.76. The van der Waals surface area contributed by atoms with Crippen LogP contribution in [0, 0.1) is 11.8 Å². The van der Waals surface area contributed by atoms with Crippen molar-refractivity contribution in [3.05, 3.63) is 23.8 Å². The van der Waals surface area contributed by atoms with Crippen LogP contribution in [-0.2, 0) is 6.54 Å². The van der Waals surface area contributed by atoms with Gasteiger partial charge in [-0.1, -0.05) is 25.8 Å². The van der Waals surface area contributed by atoms with E-state index >= 15 is 0 Å². The van der Waals surface area contributed by atoms with Crippen molar-refractivity contribution in [2.24, 2.45) is 11.8 Å². The highest BCUT2D eigenvalue weighted by atomic mass is 16.5. The minimum atomic E-state index is 0.201. The van der Waals surface area contributed by atoms with E-state index in [9.17, 15) is 5.11 Å². The molecule has 3 nitrogen and oxygen atoms in total. The van der Waals surface area contributed by atoms with Crippen LogP contribution in [0.2, 0.25) is 0 Å². The predicted octanol–water partition coefficient (Wildman–Crippen LogP) is 3.32. The third-order valence-electron chi connectivity index (χ3n) is 4.14. The summed E-state index contributed by atoms with van der Waals surface area (Å²) in [5.74, 6) is 2.49.